The normalized spacial score (nSPS) is 15.3. The maximum Gasteiger partial charge on any atom is 0.336 e. The van der Waals surface area contributed by atoms with E-state index in [9.17, 15) is 24.3 Å². The number of nitrogens with zero attached hydrogens (tertiary/aromatic N) is 1. The van der Waals surface area contributed by atoms with Crippen LogP contribution in [-0.2, 0) is 14.4 Å². The van der Waals surface area contributed by atoms with Gasteiger partial charge in [-0.05, 0) is 35.9 Å². The summed E-state index contributed by atoms with van der Waals surface area (Å²) in [6.07, 6.45) is 1.31. The van der Waals surface area contributed by atoms with Gasteiger partial charge in [0.05, 0.1) is 18.8 Å². The number of amides is 4. The quantitative estimate of drug-likeness (QED) is 0.557. The van der Waals surface area contributed by atoms with Crippen molar-refractivity contribution in [3.05, 3.63) is 59.7 Å². The minimum absolute atomic E-state index is 0.196. The van der Waals surface area contributed by atoms with Gasteiger partial charge in [0, 0.05) is 0 Å². The average molecular weight is 395 g/mol. The number of imide groups is 2. The number of carbonyl (C=O) groups excluding carboxylic acids is 4. The molecule has 9 nitrogen and oxygen atoms in total. The van der Waals surface area contributed by atoms with Crippen molar-refractivity contribution in [2.45, 2.75) is 0 Å². The van der Waals surface area contributed by atoms with Crippen molar-refractivity contribution in [2.24, 2.45) is 0 Å². The number of benzene rings is 2. The van der Waals surface area contributed by atoms with E-state index in [1.165, 1.54) is 43.5 Å². The van der Waals surface area contributed by atoms with Gasteiger partial charge in [-0.15, -0.1) is 0 Å². The van der Waals surface area contributed by atoms with E-state index in [0.29, 0.717) is 11.3 Å². The molecule has 2 aromatic carbocycles. The van der Waals surface area contributed by atoms with E-state index in [4.69, 9.17) is 9.47 Å². The van der Waals surface area contributed by atoms with E-state index in [1.807, 2.05) is 0 Å². The number of para-hydroxylation sites is 2. The third-order valence-electron chi connectivity index (χ3n) is 3.98. The van der Waals surface area contributed by atoms with Crippen LogP contribution in [0, 0.1) is 0 Å². The summed E-state index contributed by atoms with van der Waals surface area (Å²) in [6.45, 7) is -0.600. The third-order valence-corrected chi connectivity index (χ3v) is 3.98. The van der Waals surface area contributed by atoms with Gasteiger partial charge >= 0.3 is 6.03 Å². The monoisotopic (exact) mass is 395 g/mol. The zero-order valence-corrected chi connectivity index (χ0v) is 15.2. The Hall–Kier alpha value is -4.14. The van der Waals surface area contributed by atoms with E-state index in [0.717, 1.165) is 4.90 Å². The largest absolute Gasteiger partial charge is 0.546 e. The molecule has 0 unspecified atom stereocenters. The maximum atomic E-state index is 12.9. The van der Waals surface area contributed by atoms with Crippen molar-refractivity contribution in [3.8, 4) is 11.5 Å². The van der Waals surface area contributed by atoms with Gasteiger partial charge in [-0.25, -0.2) is 9.69 Å². The second-order valence-electron chi connectivity index (χ2n) is 5.86. The number of rotatable bonds is 6. The van der Waals surface area contributed by atoms with Gasteiger partial charge in [0.15, 0.2) is 0 Å². The Kier molecular flexibility index (Phi) is 5.59. The second kappa shape index (κ2) is 8.26. The van der Waals surface area contributed by atoms with E-state index < -0.39 is 30.4 Å². The smallest absolute Gasteiger partial charge is 0.336 e. The molecule has 4 amide bonds. The van der Waals surface area contributed by atoms with Crippen LogP contribution in [0.25, 0.3) is 6.08 Å². The first kappa shape index (κ1) is 19.6. The van der Waals surface area contributed by atoms with Crippen LogP contribution in [0.15, 0.2) is 54.1 Å². The molecule has 1 aliphatic heterocycles. The summed E-state index contributed by atoms with van der Waals surface area (Å²) in [5.41, 5.74) is 0.416. The highest BCUT2D eigenvalue weighted by Gasteiger charge is 2.38. The van der Waals surface area contributed by atoms with Crippen LogP contribution in [0.2, 0.25) is 0 Å². The fraction of sp³-hybridized carbons (Fsp3) is 0.100. The number of carboxylic acid groups (broad SMARTS) is 1. The summed E-state index contributed by atoms with van der Waals surface area (Å²) in [7, 11) is 1.40. The lowest BCUT2D eigenvalue weighted by Crippen LogP contribution is -2.54. The van der Waals surface area contributed by atoms with Crippen LogP contribution >= 0.6 is 0 Å². The van der Waals surface area contributed by atoms with Gasteiger partial charge in [-0.1, -0.05) is 24.3 Å². The van der Waals surface area contributed by atoms with Gasteiger partial charge in [-0.2, -0.15) is 0 Å². The van der Waals surface area contributed by atoms with Gasteiger partial charge in [0.25, 0.3) is 11.8 Å². The van der Waals surface area contributed by atoms with Crippen LogP contribution in [0.3, 0.4) is 0 Å². The van der Waals surface area contributed by atoms with E-state index in [1.54, 1.807) is 18.2 Å². The fourth-order valence-electron chi connectivity index (χ4n) is 2.66. The lowest BCUT2D eigenvalue weighted by Gasteiger charge is -2.27. The molecule has 1 heterocycles. The zero-order valence-electron chi connectivity index (χ0n) is 15.2. The highest BCUT2D eigenvalue weighted by atomic mass is 16.5. The second-order valence-corrected chi connectivity index (χ2v) is 5.86. The Morgan fingerprint density at radius 1 is 1.10 bits per heavy atom. The minimum atomic E-state index is -1.36. The predicted molar refractivity (Wildman–Crippen MR) is 98.9 cm³/mol. The molecule has 0 saturated carbocycles. The number of methoxy groups -OCH3 is 1. The molecule has 3 rings (SSSR count). The number of ether oxygens (including phenoxy) is 2. The van der Waals surface area contributed by atoms with E-state index >= 15 is 0 Å². The lowest BCUT2D eigenvalue weighted by molar-refractivity contribution is -0.307. The standard InChI is InChI=1S/C20H16N2O7/c1-28-16-5-3-2-4-15(16)22-19(26)14(18(25)21-20(22)27)10-12-6-8-13(9-7-12)29-11-17(23)24/h2-10H,11H2,1H3,(H,23,24)(H,21,25,27)/p-1/b14-10+. The van der Waals surface area contributed by atoms with Crippen LogP contribution < -0.4 is 24.8 Å². The number of barbiturate groups is 1. The molecule has 29 heavy (non-hydrogen) atoms. The molecule has 0 aliphatic carbocycles. The van der Waals surface area contributed by atoms with Crippen LogP contribution in [0.1, 0.15) is 5.56 Å². The molecule has 1 N–H and O–H groups in total. The van der Waals surface area contributed by atoms with Crippen molar-refractivity contribution in [1.82, 2.24) is 5.32 Å². The Morgan fingerprint density at radius 2 is 1.79 bits per heavy atom. The summed E-state index contributed by atoms with van der Waals surface area (Å²) in [5, 5.41) is 12.6. The average Bonchev–Trinajstić information content (AvgIpc) is 2.70. The molecule has 1 fully saturated rings. The molecule has 0 radical (unpaired) electrons. The SMILES string of the molecule is COc1ccccc1N1C(=O)NC(=O)/C(=C\c2ccc(OCC(=O)[O-])cc2)C1=O. The summed E-state index contributed by atoms with van der Waals surface area (Å²) in [6, 6.07) is 11.5. The van der Waals surface area contributed by atoms with E-state index in [-0.39, 0.29) is 17.0 Å². The third kappa shape index (κ3) is 4.24. The van der Waals surface area contributed by atoms with Crippen molar-refractivity contribution < 1.29 is 33.8 Å². The van der Waals surface area contributed by atoms with Crippen molar-refractivity contribution in [1.29, 1.82) is 0 Å². The van der Waals surface area contributed by atoms with Crippen molar-refractivity contribution >= 4 is 35.6 Å². The summed E-state index contributed by atoms with van der Waals surface area (Å²) >= 11 is 0. The molecule has 9 heteroatoms. The van der Waals surface area contributed by atoms with Gasteiger partial charge < -0.3 is 19.4 Å². The van der Waals surface area contributed by atoms with Crippen LogP contribution in [0.4, 0.5) is 10.5 Å². The number of carboxylic acids is 1. The first-order chi connectivity index (χ1) is 13.9. The summed E-state index contributed by atoms with van der Waals surface area (Å²) in [5.74, 6) is -2.42. The predicted octanol–water partition coefficient (Wildman–Crippen LogP) is 0.490. The number of hydrogen-bond donors (Lipinski definition) is 1. The Bertz CT molecular complexity index is 1010. The lowest BCUT2D eigenvalue weighted by atomic mass is 10.1. The highest BCUT2D eigenvalue weighted by Crippen LogP contribution is 2.30. The number of carbonyl (C=O) groups is 4. The first-order valence-corrected chi connectivity index (χ1v) is 8.38. The molecule has 0 spiro atoms. The van der Waals surface area contributed by atoms with Crippen molar-refractivity contribution in [2.75, 3.05) is 18.6 Å². The Balaban J connectivity index is 1.90. The first-order valence-electron chi connectivity index (χ1n) is 8.38. The van der Waals surface area contributed by atoms with Crippen molar-refractivity contribution in [3.63, 3.8) is 0 Å². The summed E-state index contributed by atoms with van der Waals surface area (Å²) < 4.78 is 10.2. The van der Waals surface area contributed by atoms with E-state index in [2.05, 4.69) is 5.32 Å². The number of aliphatic carboxylic acids is 1. The minimum Gasteiger partial charge on any atom is -0.546 e. The van der Waals surface area contributed by atoms with Crippen LogP contribution in [0.5, 0.6) is 11.5 Å². The van der Waals surface area contributed by atoms with Gasteiger partial charge in [-0.3, -0.25) is 14.9 Å². The molecule has 148 valence electrons. The number of nitrogens with one attached hydrogen (secondary N) is 1. The molecule has 0 bridgehead atoms. The molecule has 0 aromatic heterocycles. The van der Waals surface area contributed by atoms with Gasteiger partial charge in [0.1, 0.15) is 23.7 Å². The number of hydrogen-bond acceptors (Lipinski definition) is 7. The zero-order chi connectivity index (χ0) is 21.0. The molecule has 2 aromatic rings. The molecule has 1 aliphatic rings. The Morgan fingerprint density at radius 3 is 2.45 bits per heavy atom. The van der Waals surface area contributed by atoms with Gasteiger partial charge in [0.2, 0.25) is 0 Å². The number of anilines is 1. The topological polar surface area (TPSA) is 125 Å². The molecule has 1 saturated heterocycles. The number of urea groups is 1. The fourth-order valence-corrected chi connectivity index (χ4v) is 2.66. The molecule has 0 atom stereocenters. The Labute approximate surface area is 165 Å². The molecular formula is C20H15N2O7-. The highest BCUT2D eigenvalue weighted by molar-refractivity contribution is 6.39. The summed E-state index contributed by atoms with van der Waals surface area (Å²) in [4.78, 5) is 48.6. The molecular weight excluding hydrogens is 380 g/mol. The van der Waals surface area contributed by atoms with Crippen LogP contribution in [-0.4, -0.2) is 37.5 Å². The maximum absolute atomic E-state index is 12.9.